The van der Waals surface area contributed by atoms with Crippen molar-refractivity contribution in [3.63, 3.8) is 0 Å². The van der Waals surface area contributed by atoms with Gasteiger partial charge in [-0.3, -0.25) is 4.79 Å². The van der Waals surface area contributed by atoms with E-state index >= 15 is 0 Å². The second-order valence-corrected chi connectivity index (χ2v) is 5.43. The van der Waals surface area contributed by atoms with Crippen LogP contribution in [0.1, 0.15) is 19.8 Å². The van der Waals surface area contributed by atoms with Gasteiger partial charge in [0.25, 0.3) is 0 Å². The zero-order valence-corrected chi connectivity index (χ0v) is 11.0. The molecule has 1 aliphatic carbocycles. The molecule has 2 nitrogen and oxygen atoms in total. The number of rotatable bonds is 3. The van der Waals surface area contributed by atoms with Crippen LogP contribution in [-0.4, -0.2) is 5.91 Å². The standard InChI is InChI=1S/C17H17NO/c1-17(11-12-17)16(19)18-15-10-6-5-9-14(15)13-7-3-2-4-8-13/h2-10H,11-12H2,1H3,(H,18,19). The van der Waals surface area contributed by atoms with E-state index in [1.807, 2.05) is 49.4 Å². The van der Waals surface area contributed by atoms with Crippen LogP contribution in [0.4, 0.5) is 5.69 Å². The molecule has 1 fully saturated rings. The molecule has 0 radical (unpaired) electrons. The van der Waals surface area contributed by atoms with E-state index in [0.717, 1.165) is 29.7 Å². The summed E-state index contributed by atoms with van der Waals surface area (Å²) in [5, 5.41) is 3.07. The van der Waals surface area contributed by atoms with E-state index in [4.69, 9.17) is 0 Å². The van der Waals surface area contributed by atoms with Gasteiger partial charge in [-0.25, -0.2) is 0 Å². The van der Waals surface area contributed by atoms with Crippen molar-refractivity contribution in [3.8, 4) is 11.1 Å². The van der Waals surface area contributed by atoms with Crippen LogP contribution < -0.4 is 5.32 Å². The molecule has 0 heterocycles. The van der Waals surface area contributed by atoms with E-state index in [1.165, 1.54) is 0 Å². The molecule has 1 amide bonds. The maximum Gasteiger partial charge on any atom is 0.230 e. The highest BCUT2D eigenvalue weighted by molar-refractivity contribution is 6.00. The van der Waals surface area contributed by atoms with Crippen molar-refractivity contribution < 1.29 is 4.79 Å². The van der Waals surface area contributed by atoms with Crippen LogP contribution in [0.3, 0.4) is 0 Å². The van der Waals surface area contributed by atoms with Gasteiger partial charge in [0.15, 0.2) is 0 Å². The molecular formula is C17H17NO. The Balaban J connectivity index is 1.92. The lowest BCUT2D eigenvalue weighted by molar-refractivity contribution is -0.120. The van der Waals surface area contributed by atoms with Crippen molar-refractivity contribution in [2.24, 2.45) is 5.41 Å². The van der Waals surface area contributed by atoms with Crippen molar-refractivity contribution >= 4 is 11.6 Å². The quantitative estimate of drug-likeness (QED) is 0.874. The van der Waals surface area contributed by atoms with Crippen molar-refractivity contribution in [2.75, 3.05) is 5.32 Å². The third-order valence-corrected chi connectivity index (χ3v) is 3.81. The first kappa shape index (κ1) is 12.0. The minimum atomic E-state index is -0.149. The summed E-state index contributed by atoms with van der Waals surface area (Å²) in [4.78, 5) is 12.2. The lowest BCUT2D eigenvalue weighted by Crippen LogP contribution is -2.21. The van der Waals surface area contributed by atoms with E-state index in [0.29, 0.717) is 0 Å². The summed E-state index contributed by atoms with van der Waals surface area (Å²) >= 11 is 0. The molecule has 2 heteroatoms. The third kappa shape index (κ3) is 2.39. The first-order valence-electron chi connectivity index (χ1n) is 6.65. The summed E-state index contributed by atoms with van der Waals surface area (Å²) < 4.78 is 0. The Labute approximate surface area is 113 Å². The number of amides is 1. The molecule has 0 unspecified atom stereocenters. The van der Waals surface area contributed by atoms with Gasteiger partial charge in [-0.05, 0) is 24.5 Å². The van der Waals surface area contributed by atoms with Gasteiger partial charge in [-0.2, -0.15) is 0 Å². The van der Waals surface area contributed by atoms with Crippen molar-refractivity contribution in [2.45, 2.75) is 19.8 Å². The third-order valence-electron chi connectivity index (χ3n) is 3.81. The van der Waals surface area contributed by atoms with Crippen LogP contribution in [0.15, 0.2) is 54.6 Å². The SMILES string of the molecule is CC1(C(=O)Nc2ccccc2-c2ccccc2)CC1. The number of nitrogens with one attached hydrogen (secondary N) is 1. The van der Waals surface area contributed by atoms with Crippen LogP contribution in [0.2, 0.25) is 0 Å². The minimum absolute atomic E-state index is 0.135. The largest absolute Gasteiger partial charge is 0.325 e. The van der Waals surface area contributed by atoms with Gasteiger partial charge in [0.05, 0.1) is 0 Å². The van der Waals surface area contributed by atoms with Crippen LogP contribution in [-0.2, 0) is 4.79 Å². The fraction of sp³-hybridized carbons (Fsp3) is 0.235. The maximum absolute atomic E-state index is 12.2. The molecule has 3 rings (SSSR count). The summed E-state index contributed by atoms with van der Waals surface area (Å²) in [7, 11) is 0. The molecule has 0 spiro atoms. The van der Waals surface area contributed by atoms with Crippen LogP contribution in [0, 0.1) is 5.41 Å². The number of carbonyl (C=O) groups is 1. The van der Waals surface area contributed by atoms with E-state index in [2.05, 4.69) is 17.4 Å². The van der Waals surface area contributed by atoms with E-state index in [-0.39, 0.29) is 11.3 Å². The van der Waals surface area contributed by atoms with Crippen molar-refractivity contribution in [1.82, 2.24) is 0 Å². The first-order valence-corrected chi connectivity index (χ1v) is 6.65. The normalized spacial score (nSPS) is 15.8. The fourth-order valence-electron chi connectivity index (χ4n) is 2.15. The summed E-state index contributed by atoms with van der Waals surface area (Å²) in [6.07, 6.45) is 1.98. The zero-order valence-electron chi connectivity index (χ0n) is 11.0. The van der Waals surface area contributed by atoms with Gasteiger partial charge >= 0.3 is 0 Å². The molecule has 1 aliphatic rings. The molecule has 1 saturated carbocycles. The summed E-state index contributed by atoms with van der Waals surface area (Å²) in [6, 6.07) is 18.1. The highest BCUT2D eigenvalue weighted by Crippen LogP contribution is 2.46. The van der Waals surface area contributed by atoms with Crippen molar-refractivity contribution in [1.29, 1.82) is 0 Å². The van der Waals surface area contributed by atoms with Gasteiger partial charge in [0.2, 0.25) is 5.91 Å². The Morgan fingerprint density at radius 2 is 1.63 bits per heavy atom. The van der Waals surface area contributed by atoms with Gasteiger partial charge in [0.1, 0.15) is 0 Å². The number of para-hydroxylation sites is 1. The second kappa shape index (κ2) is 4.54. The molecule has 0 bridgehead atoms. The molecule has 2 aromatic carbocycles. The van der Waals surface area contributed by atoms with Crippen molar-refractivity contribution in [3.05, 3.63) is 54.6 Å². The van der Waals surface area contributed by atoms with Gasteiger partial charge < -0.3 is 5.32 Å². The molecule has 2 aromatic rings. The van der Waals surface area contributed by atoms with Crippen LogP contribution in [0.5, 0.6) is 0 Å². The highest BCUT2D eigenvalue weighted by Gasteiger charge is 2.44. The number of hydrogen-bond acceptors (Lipinski definition) is 1. The Hall–Kier alpha value is -2.09. The summed E-state index contributed by atoms with van der Waals surface area (Å²) in [5.41, 5.74) is 2.94. The van der Waals surface area contributed by atoms with Crippen LogP contribution in [0.25, 0.3) is 11.1 Å². The Morgan fingerprint density at radius 3 is 2.32 bits per heavy atom. The van der Waals surface area contributed by atoms with Gasteiger partial charge in [0, 0.05) is 16.7 Å². The Kier molecular flexibility index (Phi) is 2.86. The van der Waals surface area contributed by atoms with Gasteiger partial charge in [-0.1, -0.05) is 55.5 Å². The molecular weight excluding hydrogens is 234 g/mol. The summed E-state index contributed by atoms with van der Waals surface area (Å²) in [6.45, 7) is 2.02. The average Bonchev–Trinajstić information content (AvgIpc) is 3.20. The zero-order chi connectivity index (χ0) is 13.3. The molecule has 0 atom stereocenters. The number of benzene rings is 2. The average molecular weight is 251 g/mol. The number of hydrogen-bond donors (Lipinski definition) is 1. The fourth-order valence-corrected chi connectivity index (χ4v) is 2.15. The molecule has 0 aliphatic heterocycles. The topological polar surface area (TPSA) is 29.1 Å². The summed E-state index contributed by atoms with van der Waals surface area (Å²) in [5.74, 6) is 0.135. The highest BCUT2D eigenvalue weighted by atomic mass is 16.2. The number of carbonyl (C=O) groups excluding carboxylic acids is 1. The Bertz CT molecular complexity index is 600. The first-order chi connectivity index (χ1) is 9.19. The Morgan fingerprint density at radius 1 is 1.00 bits per heavy atom. The smallest absolute Gasteiger partial charge is 0.230 e. The van der Waals surface area contributed by atoms with E-state index in [1.54, 1.807) is 0 Å². The molecule has 0 saturated heterocycles. The monoisotopic (exact) mass is 251 g/mol. The van der Waals surface area contributed by atoms with E-state index in [9.17, 15) is 4.79 Å². The van der Waals surface area contributed by atoms with E-state index < -0.39 is 0 Å². The molecule has 1 N–H and O–H groups in total. The predicted octanol–water partition coefficient (Wildman–Crippen LogP) is 4.09. The maximum atomic E-state index is 12.2. The number of anilines is 1. The van der Waals surface area contributed by atoms with Crippen LogP contribution >= 0.6 is 0 Å². The lowest BCUT2D eigenvalue weighted by atomic mass is 10.0. The molecule has 0 aromatic heterocycles. The predicted molar refractivity (Wildman–Crippen MR) is 77.8 cm³/mol. The second-order valence-electron chi connectivity index (χ2n) is 5.43. The molecule has 19 heavy (non-hydrogen) atoms. The minimum Gasteiger partial charge on any atom is -0.325 e. The molecule has 96 valence electrons. The van der Waals surface area contributed by atoms with Gasteiger partial charge in [-0.15, -0.1) is 0 Å². The lowest BCUT2D eigenvalue weighted by Gasteiger charge is -2.14.